The number of halogens is 1. The zero-order valence-electron chi connectivity index (χ0n) is 14.6. The van der Waals surface area contributed by atoms with Crippen LogP contribution in [0, 0.1) is 5.82 Å². The maximum absolute atomic E-state index is 12.9. The minimum absolute atomic E-state index is 0.0327. The van der Waals surface area contributed by atoms with Crippen molar-refractivity contribution in [1.82, 2.24) is 15.2 Å². The highest BCUT2D eigenvalue weighted by molar-refractivity contribution is 6.08. The van der Waals surface area contributed by atoms with Crippen LogP contribution in [0.1, 0.15) is 0 Å². The Labute approximate surface area is 155 Å². The second-order valence-corrected chi connectivity index (χ2v) is 6.00. The van der Waals surface area contributed by atoms with E-state index < -0.39 is 5.91 Å². The van der Waals surface area contributed by atoms with Crippen molar-refractivity contribution in [3.8, 4) is 11.5 Å². The third kappa shape index (κ3) is 5.46. The van der Waals surface area contributed by atoms with Crippen molar-refractivity contribution < 1.29 is 18.7 Å². The molecule has 0 radical (unpaired) electrons. The van der Waals surface area contributed by atoms with Crippen molar-refractivity contribution in [3.63, 3.8) is 0 Å². The standard InChI is InChI=1S/C19H19FN4O3/c20-15-1-3-16(4-2-15)27-17-5-6-18(22-11-17)23-19(26)14(13-25)12-24-9-7-21-8-10-24/h1-6,11,21H,7-10,12H2,(H,22,23,26). The van der Waals surface area contributed by atoms with Gasteiger partial charge >= 0.3 is 0 Å². The minimum Gasteiger partial charge on any atom is -0.456 e. The van der Waals surface area contributed by atoms with Gasteiger partial charge in [-0.3, -0.25) is 9.69 Å². The number of piperazine rings is 1. The molecule has 1 amide bonds. The molecule has 140 valence electrons. The molecule has 2 N–H and O–H groups in total. The first-order chi connectivity index (χ1) is 13.1. The van der Waals surface area contributed by atoms with Gasteiger partial charge in [0.2, 0.25) is 0 Å². The second kappa shape index (κ2) is 9.05. The summed E-state index contributed by atoms with van der Waals surface area (Å²) in [5.41, 5.74) is 0.0327. The van der Waals surface area contributed by atoms with E-state index in [9.17, 15) is 14.0 Å². The van der Waals surface area contributed by atoms with Crippen LogP contribution in [0.15, 0.2) is 48.2 Å². The molecule has 8 heteroatoms. The normalized spacial score (nSPS) is 14.3. The number of rotatable bonds is 6. The lowest BCUT2D eigenvalue weighted by atomic mass is 10.2. The van der Waals surface area contributed by atoms with Crippen LogP contribution in [-0.2, 0) is 9.59 Å². The van der Waals surface area contributed by atoms with Gasteiger partial charge in [-0.05, 0) is 36.4 Å². The van der Waals surface area contributed by atoms with Crippen LogP contribution in [0.2, 0.25) is 0 Å². The van der Waals surface area contributed by atoms with E-state index in [1.807, 2.05) is 4.90 Å². The maximum Gasteiger partial charge on any atom is 0.265 e. The molecule has 1 fully saturated rings. The van der Waals surface area contributed by atoms with Gasteiger partial charge in [0, 0.05) is 32.7 Å². The highest BCUT2D eigenvalue weighted by atomic mass is 19.1. The number of nitrogens with zero attached hydrogens (tertiary/aromatic N) is 2. The largest absolute Gasteiger partial charge is 0.456 e. The average molecular weight is 370 g/mol. The van der Waals surface area contributed by atoms with Gasteiger partial charge in [-0.15, -0.1) is 0 Å². The van der Waals surface area contributed by atoms with E-state index in [2.05, 4.69) is 15.6 Å². The Hall–Kier alpha value is -3.06. The first kappa shape index (κ1) is 18.7. The van der Waals surface area contributed by atoms with E-state index in [0.717, 1.165) is 26.2 Å². The van der Waals surface area contributed by atoms with Crippen LogP contribution in [0.5, 0.6) is 11.5 Å². The zero-order valence-corrected chi connectivity index (χ0v) is 14.6. The summed E-state index contributed by atoms with van der Waals surface area (Å²) in [6, 6.07) is 8.77. The van der Waals surface area contributed by atoms with Crippen LogP contribution in [-0.4, -0.2) is 54.5 Å². The number of benzene rings is 1. The number of ether oxygens (including phenoxy) is 1. The molecule has 27 heavy (non-hydrogen) atoms. The van der Waals surface area contributed by atoms with E-state index >= 15 is 0 Å². The van der Waals surface area contributed by atoms with Crippen LogP contribution in [0.3, 0.4) is 0 Å². The summed E-state index contributed by atoms with van der Waals surface area (Å²) in [4.78, 5) is 29.5. The fourth-order valence-corrected chi connectivity index (χ4v) is 2.59. The molecule has 1 aromatic carbocycles. The Morgan fingerprint density at radius 3 is 2.52 bits per heavy atom. The Balaban J connectivity index is 1.57. The molecule has 1 saturated heterocycles. The Morgan fingerprint density at radius 1 is 1.19 bits per heavy atom. The number of carbonyl (C=O) groups is 1. The highest BCUT2D eigenvalue weighted by Crippen LogP contribution is 2.21. The summed E-state index contributed by atoms with van der Waals surface area (Å²) >= 11 is 0. The number of aromatic nitrogens is 1. The summed E-state index contributed by atoms with van der Waals surface area (Å²) in [7, 11) is 0. The summed E-state index contributed by atoms with van der Waals surface area (Å²) in [6.07, 6.45) is 1.43. The topological polar surface area (TPSA) is 83.6 Å². The van der Waals surface area contributed by atoms with E-state index in [-0.39, 0.29) is 17.9 Å². The van der Waals surface area contributed by atoms with Gasteiger partial charge in [0.25, 0.3) is 5.91 Å². The number of amides is 1. The van der Waals surface area contributed by atoms with Gasteiger partial charge in [-0.25, -0.2) is 14.2 Å². The smallest absolute Gasteiger partial charge is 0.265 e. The van der Waals surface area contributed by atoms with Crippen LogP contribution < -0.4 is 15.4 Å². The SMILES string of the molecule is O=C=C(CN1CCNCC1)C(=O)Nc1ccc(Oc2ccc(F)cc2)cn1. The predicted molar refractivity (Wildman–Crippen MR) is 97.9 cm³/mol. The zero-order chi connectivity index (χ0) is 19.1. The molecule has 1 aliphatic heterocycles. The van der Waals surface area contributed by atoms with Crippen molar-refractivity contribution in [1.29, 1.82) is 0 Å². The lowest BCUT2D eigenvalue weighted by molar-refractivity contribution is -0.113. The molecular weight excluding hydrogens is 351 g/mol. The quantitative estimate of drug-likeness (QED) is 0.594. The molecule has 0 unspecified atom stereocenters. The molecule has 7 nitrogen and oxygen atoms in total. The Kier molecular flexibility index (Phi) is 6.27. The molecule has 2 heterocycles. The maximum atomic E-state index is 12.9. The van der Waals surface area contributed by atoms with Gasteiger partial charge in [0.05, 0.1) is 6.20 Å². The van der Waals surface area contributed by atoms with Crippen molar-refractivity contribution in [2.45, 2.75) is 0 Å². The van der Waals surface area contributed by atoms with Crippen molar-refractivity contribution in [2.75, 3.05) is 38.0 Å². The van der Waals surface area contributed by atoms with Crippen LogP contribution in [0.25, 0.3) is 0 Å². The molecule has 1 aromatic heterocycles. The van der Waals surface area contributed by atoms with Gasteiger partial charge < -0.3 is 15.4 Å². The lowest BCUT2D eigenvalue weighted by Gasteiger charge is -2.26. The van der Waals surface area contributed by atoms with Gasteiger partial charge in [0.15, 0.2) is 0 Å². The highest BCUT2D eigenvalue weighted by Gasteiger charge is 2.17. The van der Waals surface area contributed by atoms with Gasteiger partial charge in [0.1, 0.15) is 34.6 Å². The average Bonchev–Trinajstić information content (AvgIpc) is 2.70. The Bertz CT molecular complexity index is 827. The molecule has 0 aliphatic carbocycles. The molecule has 0 bridgehead atoms. The third-order valence-corrected chi connectivity index (χ3v) is 4.02. The molecule has 0 spiro atoms. The summed E-state index contributed by atoms with van der Waals surface area (Å²) in [5, 5.41) is 5.79. The molecule has 0 saturated carbocycles. The third-order valence-electron chi connectivity index (χ3n) is 4.02. The predicted octanol–water partition coefficient (Wildman–Crippen LogP) is 1.61. The van der Waals surface area contributed by atoms with Crippen LogP contribution in [0.4, 0.5) is 10.2 Å². The fourth-order valence-electron chi connectivity index (χ4n) is 2.59. The second-order valence-electron chi connectivity index (χ2n) is 6.00. The molecule has 2 aromatic rings. The molecule has 1 aliphatic rings. The van der Waals surface area contributed by atoms with Crippen molar-refractivity contribution >= 4 is 17.7 Å². The first-order valence-corrected chi connectivity index (χ1v) is 8.52. The number of hydrogen-bond acceptors (Lipinski definition) is 6. The summed E-state index contributed by atoms with van der Waals surface area (Å²) < 4.78 is 18.4. The molecule has 0 atom stereocenters. The summed E-state index contributed by atoms with van der Waals surface area (Å²) in [5.74, 6) is 2.05. The lowest BCUT2D eigenvalue weighted by Crippen LogP contribution is -2.45. The van der Waals surface area contributed by atoms with Crippen LogP contribution >= 0.6 is 0 Å². The number of pyridine rings is 1. The number of hydrogen-bond donors (Lipinski definition) is 2. The number of nitrogens with one attached hydrogen (secondary N) is 2. The van der Waals surface area contributed by atoms with E-state index in [0.29, 0.717) is 17.3 Å². The first-order valence-electron chi connectivity index (χ1n) is 8.52. The molecule has 3 rings (SSSR count). The van der Waals surface area contributed by atoms with E-state index in [1.54, 1.807) is 18.1 Å². The molecular formula is C19H19FN4O3. The fraction of sp³-hybridized carbons (Fsp3) is 0.263. The number of carbonyl (C=O) groups excluding carboxylic acids is 2. The van der Waals surface area contributed by atoms with E-state index in [1.165, 1.54) is 30.5 Å². The Morgan fingerprint density at radius 2 is 1.89 bits per heavy atom. The van der Waals surface area contributed by atoms with Crippen molar-refractivity contribution in [2.24, 2.45) is 0 Å². The monoisotopic (exact) mass is 370 g/mol. The van der Waals surface area contributed by atoms with Crippen molar-refractivity contribution in [3.05, 3.63) is 54.0 Å². The van der Waals surface area contributed by atoms with Gasteiger partial charge in [-0.1, -0.05) is 0 Å². The summed E-state index contributed by atoms with van der Waals surface area (Å²) in [6.45, 7) is 3.44. The van der Waals surface area contributed by atoms with E-state index in [4.69, 9.17) is 4.74 Å². The number of anilines is 1. The van der Waals surface area contributed by atoms with Gasteiger partial charge in [-0.2, -0.15) is 0 Å². The minimum atomic E-state index is -0.525.